The summed E-state index contributed by atoms with van der Waals surface area (Å²) in [7, 11) is 0. The van der Waals surface area contributed by atoms with E-state index >= 15 is 0 Å². The van der Waals surface area contributed by atoms with Crippen LogP contribution >= 0.6 is 11.3 Å². The molecule has 1 rings (SSSR count). The van der Waals surface area contributed by atoms with E-state index in [2.05, 4.69) is 0 Å². The van der Waals surface area contributed by atoms with Crippen LogP contribution in [-0.4, -0.2) is 11.1 Å². The van der Waals surface area contributed by atoms with Gasteiger partial charge in [0.2, 0.25) is 0 Å². The van der Waals surface area contributed by atoms with Gasteiger partial charge in [0.25, 0.3) is 0 Å². The molecule has 14 heavy (non-hydrogen) atoms. The number of rotatable bonds is 2. The van der Waals surface area contributed by atoms with Gasteiger partial charge < -0.3 is 10.8 Å². The molecule has 0 bridgehead atoms. The summed E-state index contributed by atoms with van der Waals surface area (Å²) in [6.07, 6.45) is 0. The monoisotopic (exact) mass is 213 g/mol. The van der Waals surface area contributed by atoms with Crippen molar-refractivity contribution in [2.75, 3.05) is 0 Å². The van der Waals surface area contributed by atoms with Crippen molar-refractivity contribution >= 4 is 17.3 Å². The Morgan fingerprint density at radius 2 is 2.14 bits per heavy atom. The number of nitrogens with two attached hydrogens (primary N) is 1. The molecule has 1 heterocycles. The molecule has 0 radical (unpaired) electrons. The van der Waals surface area contributed by atoms with Gasteiger partial charge in [0.15, 0.2) is 0 Å². The molecule has 1 aromatic rings. The third kappa shape index (κ3) is 2.33. The van der Waals surface area contributed by atoms with Crippen LogP contribution in [0.4, 0.5) is 0 Å². The first-order valence-corrected chi connectivity index (χ1v) is 5.27. The number of hydrogen-bond acceptors (Lipinski definition) is 3. The Morgan fingerprint density at radius 3 is 2.50 bits per heavy atom. The Morgan fingerprint density at radius 1 is 1.57 bits per heavy atom. The Balaban J connectivity index is 2.92. The van der Waals surface area contributed by atoms with Crippen LogP contribution in [-0.2, 0) is 0 Å². The van der Waals surface area contributed by atoms with E-state index in [1.165, 1.54) is 11.3 Å². The number of aromatic carboxylic acids is 1. The fourth-order valence-electron chi connectivity index (χ4n) is 1.13. The van der Waals surface area contributed by atoms with Crippen molar-refractivity contribution in [1.82, 2.24) is 0 Å². The van der Waals surface area contributed by atoms with Gasteiger partial charge in [-0.25, -0.2) is 4.79 Å². The minimum absolute atomic E-state index is 0.0448. The van der Waals surface area contributed by atoms with E-state index in [1.54, 1.807) is 6.07 Å². The second-order valence-electron chi connectivity index (χ2n) is 4.39. The van der Waals surface area contributed by atoms with Gasteiger partial charge in [0, 0.05) is 6.04 Å². The highest BCUT2D eigenvalue weighted by Crippen LogP contribution is 2.32. The van der Waals surface area contributed by atoms with Crippen LogP contribution in [0.15, 0.2) is 11.4 Å². The third-order valence-electron chi connectivity index (χ3n) is 2.12. The largest absolute Gasteiger partial charge is 0.477 e. The molecule has 0 fully saturated rings. The van der Waals surface area contributed by atoms with E-state index in [4.69, 9.17) is 10.8 Å². The van der Waals surface area contributed by atoms with Crippen LogP contribution in [0.3, 0.4) is 0 Å². The lowest BCUT2D eigenvalue weighted by Crippen LogP contribution is -2.25. The molecule has 3 N–H and O–H groups in total. The van der Waals surface area contributed by atoms with Gasteiger partial charge in [0.1, 0.15) is 4.88 Å². The van der Waals surface area contributed by atoms with E-state index in [1.807, 2.05) is 26.2 Å². The molecule has 0 aliphatic carbocycles. The predicted molar refractivity (Wildman–Crippen MR) is 57.7 cm³/mol. The molecule has 1 atom stereocenters. The van der Waals surface area contributed by atoms with Crippen LogP contribution in [0.25, 0.3) is 0 Å². The molecule has 3 nitrogen and oxygen atoms in total. The minimum Gasteiger partial charge on any atom is -0.477 e. The topological polar surface area (TPSA) is 63.3 Å². The summed E-state index contributed by atoms with van der Waals surface area (Å²) in [6.45, 7) is 6.11. The van der Waals surface area contributed by atoms with Gasteiger partial charge in [0.05, 0.1) is 0 Å². The normalized spacial score (nSPS) is 14.0. The number of carboxylic acids is 1. The number of carbonyl (C=O) groups is 1. The molecular formula is C10H15NO2S. The first-order chi connectivity index (χ1) is 6.32. The van der Waals surface area contributed by atoms with E-state index < -0.39 is 5.97 Å². The highest BCUT2D eigenvalue weighted by atomic mass is 32.1. The lowest BCUT2D eigenvalue weighted by atomic mass is 9.84. The quantitative estimate of drug-likeness (QED) is 0.793. The maximum atomic E-state index is 10.7. The summed E-state index contributed by atoms with van der Waals surface area (Å²) in [5, 5.41) is 10.6. The predicted octanol–water partition coefficient (Wildman–Crippen LogP) is 2.49. The Labute approximate surface area is 87.6 Å². The van der Waals surface area contributed by atoms with Gasteiger partial charge in [-0.1, -0.05) is 20.8 Å². The van der Waals surface area contributed by atoms with Gasteiger partial charge in [-0.3, -0.25) is 0 Å². The fraction of sp³-hybridized carbons (Fsp3) is 0.500. The van der Waals surface area contributed by atoms with Crippen molar-refractivity contribution in [2.24, 2.45) is 11.1 Å². The molecule has 1 aromatic heterocycles. The van der Waals surface area contributed by atoms with E-state index in [0.717, 1.165) is 5.56 Å². The molecule has 4 heteroatoms. The molecule has 78 valence electrons. The molecule has 0 saturated carbocycles. The Kier molecular flexibility index (Phi) is 2.97. The van der Waals surface area contributed by atoms with Crippen molar-refractivity contribution in [1.29, 1.82) is 0 Å². The maximum Gasteiger partial charge on any atom is 0.345 e. The van der Waals surface area contributed by atoms with Gasteiger partial charge in [-0.15, -0.1) is 11.3 Å². The first-order valence-electron chi connectivity index (χ1n) is 4.39. The minimum atomic E-state index is -0.887. The van der Waals surface area contributed by atoms with Crippen LogP contribution < -0.4 is 5.73 Å². The molecule has 0 spiro atoms. The highest BCUT2D eigenvalue weighted by Gasteiger charge is 2.23. The average Bonchev–Trinajstić information content (AvgIpc) is 2.48. The van der Waals surface area contributed by atoms with Crippen LogP contribution in [0.1, 0.15) is 42.0 Å². The van der Waals surface area contributed by atoms with Crippen LogP contribution in [0, 0.1) is 5.41 Å². The highest BCUT2D eigenvalue weighted by molar-refractivity contribution is 7.12. The SMILES string of the molecule is CC(C)(C)C(N)c1csc(C(=O)O)c1. The summed E-state index contributed by atoms with van der Waals surface area (Å²) < 4.78 is 0. The molecule has 0 aromatic carbocycles. The molecule has 0 aliphatic rings. The number of hydrogen-bond donors (Lipinski definition) is 2. The van der Waals surface area contributed by atoms with Crippen LogP contribution in [0.2, 0.25) is 0 Å². The summed E-state index contributed by atoms with van der Waals surface area (Å²) in [4.78, 5) is 11.0. The molecule has 0 amide bonds. The van der Waals surface area contributed by atoms with Crippen LogP contribution in [0.5, 0.6) is 0 Å². The lowest BCUT2D eigenvalue weighted by molar-refractivity contribution is 0.0702. The molecule has 0 saturated heterocycles. The second kappa shape index (κ2) is 3.71. The van der Waals surface area contributed by atoms with Crippen molar-refractivity contribution in [3.05, 3.63) is 21.9 Å². The lowest BCUT2D eigenvalue weighted by Gasteiger charge is -2.26. The number of carboxylic acid groups (broad SMARTS) is 1. The van der Waals surface area contributed by atoms with Gasteiger partial charge in [-0.2, -0.15) is 0 Å². The van der Waals surface area contributed by atoms with E-state index in [9.17, 15) is 4.79 Å². The van der Waals surface area contributed by atoms with Crippen molar-refractivity contribution in [3.63, 3.8) is 0 Å². The Hall–Kier alpha value is -0.870. The fourth-order valence-corrected chi connectivity index (χ4v) is 1.91. The van der Waals surface area contributed by atoms with Crippen molar-refractivity contribution in [2.45, 2.75) is 26.8 Å². The maximum absolute atomic E-state index is 10.7. The summed E-state index contributed by atoms with van der Waals surface area (Å²) >= 11 is 1.22. The third-order valence-corrected chi connectivity index (χ3v) is 3.06. The van der Waals surface area contributed by atoms with Crippen molar-refractivity contribution < 1.29 is 9.90 Å². The second-order valence-corrected chi connectivity index (χ2v) is 5.30. The zero-order chi connectivity index (χ0) is 10.9. The van der Waals surface area contributed by atoms with Crippen molar-refractivity contribution in [3.8, 4) is 0 Å². The molecular weight excluding hydrogens is 198 g/mol. The van der Waals surface area contributed by atoms with Gasteiger partial charge >= 0.3 is 5.97 Å². The molecule has 1 unspecified atom stereocenters. The Bertz CT molecular complexity index is 338. The zero-order valence-corrected chi connectivity index (χ0v) is 9.39. The summed E-state index contributed by atoms with van der Waals surface area (Å²) in [5.74, 6) is -0.887. The van der Waals surface area contributed by atoms with Gasteiger partial charge in [-0.05, 0) is 22.4 Å². The summed E-state index contributed by atoms with van der Waals surface area (Å²) in [5.41, 5.74) is 6.86. The first kappa shape index (κ1) is 11.2. The van der Waals surface area contributed by atoms with E-state index in [0.29, 0.717) is 4.88 Å². The zero-order valence-electron chi connectivity index (χ0n) is 8.57. The average molecular weight is 213 g/mol. The smallest absolute Gasteiger partial charge is 0.345 e. The molecule has 0 aliphatic heterocycles. The summed E-state index contributed by atoms with van der Waals surface area (Å²) in [6, 6.07) is 1.54. The standard InChI is InChI=1S/C10H15NO2S/c1-10(2,3)8(11)6-4-7(9(12)13)14-5-6/h4-5,8H,11H2,1-3H3,(H,12,13). The number of thiophene rings is 1. The van der Waals surface area contributed by atoms with E-state index in [-0.39, 0.29) is 11.5 Å².